The fourth-order valence-electron chi connectivity index (χ4n) is 4.78. The van der Waals surface area contributed by atoms with Crippen molar-refractivity contribution in [3.05, 3.63) is 70.3 Å². The predicted octanol–water partition coefficient (Wildman–Crippen LogP) is 3.87. The molecule has 0 aromatic heterocycles. The first-order chi connectivity index (χ1) is 21.1. The van der Waals surface area contributed by atoms with Gasteiger partial charge in [0.25, 0.3) is 5.92 Å². The van der Waals surface area contributed by atoms with Crippen LogP contribution in [0, 0.1) is 6.92 Å². The number of aldehydes is 1. The van der Waals surface area contributed by atoms with Crippen LogP contribution in [-0.2, 0) is 49.3 Å². The number of hydrogen-bond acceptors (Lipinski definition) is 7. The number of carbonyl (C=O) groups is 5. The lowest BCUT2D eigenvalue weighted by Crippen LogP contribution is -2.51. The Morgan fingerprint density at radius 3 is 2.20 bits per heavy atom. The Morgan fingerprint density at radius 1 is 1.02 bits per heavy atom. The number of rotatable bonds is 15. The number of aryl methyl sites for hydroxylation is 2. The zero-order valence-corrected chi connectivity index (χ0v) is 25.4. The summed E-state index contributed by atoms with van der Waals surface area (Å²) in [7, 11) is 1.43. The first kappa shape index (κ1) is 38.0. The summed E-state index contributed by atoms with van der Waals surface area (Å²) in [6.45, 7) is 1.92. The van der Waals surface area contributed by atoms with E-state index in [1.807, 2.05) is 6.92 Å². The predicted molar refractivity (Wildman–Crippen MR) is 162 cm³/mol. The second kappa shape index (κ2) is 20.8. The molecule has 0 spiro atoms. The minimum Gasteiger partial charge on any atom is -0.372 e. The van der Waals surface area contributed by atoms with Gasteiger partial charge in [-0.05, 0) is 54.9 Å². The Labute approximate surface area is 257 Å². The number of hydrogen-bond donors (Lipinski definition) is 4. The molecule has 2 aromatic rings. The summed E-state index contributed by atoms with van der Waals surface area (Å²) in [6.07, 6.45) is 8.17. The summed E-state index contributed by atoms with van der Waals surface area (Å²) in [5, 5.41) is 9.56. The summed E-state index contributed by atoms with van der Waals surface area (Å²) < 4.78 is 30.4. The molecule has 3 rings (SSSR count). The lowest BCUT2D eigenvalue weighted by Gasteiger charge is -2.30. The monoisotopic (exact) mass is 618 g/mol. The maximum atomic E-state index is 15.2. The first-order valence-electron chi connectivity index (χ1n) is 14.6. The summed E-state index contributed by atoms with van der Waals surface area (Å²) in [5.41, 5.74) is 8.83. The molecule has 0 radical (unpaired) electrons. The lowest BCUT2D eigenvalue weighted by atomic mass is 9.95. The number of unbranched alkanes of at least 4 members (excludes halogenated alkanes) is 5. The molecule has 44 heavy (non-hydrogen) atoms. The number of halogens is 2. The molecule has 1 atom stereocenters. The van der Waals surface area contributed by atoms with Crippen LogP contribution in [0.15, 0.2) is 42.5 Å². The Bertz CT molecular complexity index is 1190. The molecule has 5 N–H and O–H groups in total. The molecule has 1 aliphatic rings. The van der Waals surface area contributed by atoms with E-state index in [2.05, 4.69) is 11.1 Å². The molecule has 1 aliphatic heterocycles. The fraction of sp³-hybridized carbons (Fsp3) is 0.469. The van der Waals surface area contributed by atoms with Gasteiger partial charge in [-0.2, -0.15) is 0 Å². The van der Waals surface area contributed by atoms with Gasteiger partial charge in [-0.25, -0.2) is 14.3 Å². The summed E-state index contributed by atoms with van der Waals surface area (Å²) >= 11 is 0. The molecule has 1 unspecified atom stereocenters. The van der Waals surface area contributed by atoms with E-state index in [0.29, 0.717) is 24.0 Å². The number of nitrogens with one attached hydrogen (secondary N) is 2. The van der Waals surface area contributed by atoms with Crippen molar-refractivity contribution in [3.8, 4) is 0 Å². The highest BCUT2D eigenvalue weighted by Crippen LogP contribution is 2.33. The number of imide groups is 1. The van der Waals surface area contributed by atoms with E-state index in [1.54, 1.807) is 35.8 Å². The number of nitrogens with two attached hydrogens (primary N) is 1. The van der Waals surface area contributed by atoms with E-state index < -0.39 is 24.3 Å². The molecular weight excluding hydrogens is 574 g/mol. The van der Waals surface area contributed by atoms with Gasteiger partial charge in [0.1, 0.15) is 12.3 Å². The normalized spacial score (nSPS) is 14.2. The fourth-order valence-corrected chi connectivity index (χ4v) is 4.78. The Morgan fingerprint density at radius 2 is 1.61 bits per heavy atom. The number of amides is 4. The van der Waals surface area contributed by atoms with Crippen molar-refractivity contribution in [2.75, 3.05) is 7.05 Å². The third kappa shape index (κ3) is 13.5. The molecule has 0 aliphatic carbocycles. The van der Waals surface area contributed by atoms with Gasteiger partial charge in [-0.1, -0.05) is 61.7 Å². The molecule has 12 heteroatoms. The van der Waals surface area contributed by atoms with E-state index in [0.717, 1.165) is 55.9 Å². The van der Waals surface area contributed by atoms with E-state index >= 15 is 8.78 Å². The van der Waals surface area contributed by atoms with Crippen molar-refractivity contribution in [2.45, 2.75) is 89.6 Å². The van der Waals surface area contributed by atoms with Gasteiger partial charge in [0, 0.05) is 38.4 Å². The molecule has 1 heterocycles. The van der Waals surface area contributed by atoms with Crippen molar-refractivity contribution in [1.82, 2.24) is 15.7 Å². The quantitative estimate of drug-likeness (QED) is 0.102. The number of piperidine rings is 1. The summed E-state index contributed by atoms with van der Waals surface area (Å²) in [4.78, 5) is 55.6. The zero-order chi connectivity index (χ0) is 33.0. The molecule has 2 aromatic carbocycles. The highest BCUT2D eigenvalue weighted by molar-refractivity contribution is 6.00. The molecule has 1 fully saturated rings. The third-order valence-electron chi connectivity index (χ3n) is 7.10. The van der Waals surface area contributed by atoms with Crippen LogP contribution in [0.3, 0.4) is 0 Å². The van der Waals surface area contributed by atoms with Crippen LogP contribution in [0.5, 0.6) is 0 Å². The van der Waals surface area contributed by atoms with Crippen molar-refractivity contribution in [1.29, 1.82) is 0 Å². The van der Waals surface area contributed by atoms with Gasteiger partial charge in [-0.15, -0.1) is 0 Å². The number of primary amides is 1. The highest BCUT2D eigenvalue weighted by atomic mass is 19.3. The first-order valence-corrected chi connectivity index (χ1v) is 14.6. The van der Waals surface area contributed by atoms with E-state index in [-0.39, 0.29) is 37.3 Å². The van der Waals surface area contributed by atoms with Crippen LogP contribution in [0.2, 0.25) is 0 Å². The SMILES string of the molecule is CNO.Cc1ccc(CC(F)(F)c2ccc(CCCCCCCC=O)cc2)cc1CN(C=O)C1CCC(=O)NC1=O.NC=O. The minimum absolute atomic E-state index is 0.0460. The van der Waals surface area contributed by atoms with Crippen LogP contribution in [-0.4, -0.2) is 54.1 Å². The van der Waals surface area contributed by atoms with E-state index in [9.17, 15) is 19.2 Å². The molecule has 1 saturated heterocycles. The molecule has 242 valence electrons. The van der Waals surface area contributed by atoms with Crippen molar-refractivity contribution in [3.63, 3.8) is 0 Å². The van der Waals surface area contributed by atoms with Crippen LogP contribution in [0.1, 0.15) is 79.2 Å². The molecule has 4 amide bonds. The highest BCUT2D eigenvalue weighted by Gasteiger charge is 2.33. The van der Waals surface area contributed by atoms with Gasteiger partial charge >= 0.3 is 0 Å². The lowest BCUT2D eigenvalue weighted by molar-refractivity contribution is -0.141. The largest absolute Gasteiger partial charge is 0.372 e. The maximum absolute atomic E-state index is 15.2. The number of alkyl halides is 2. The number of nitrogens with zero attached hydrogens (tertiary/aromatic N) is 1. The average molecular weight is 619 g/mol. The van der Waals surface area contributed by atoms with Crippen LogP contribution >= 0.6 is 0 Å². The molecule has 0 saturated carbocycles. The number of benzene rings is 2. The van der Waals surface area contributed by atoms with E-state index in [1.165, 1.54) is 24.1 Å². The smallest absolute Gasteiger partial charge is 0.277 e. The van der Waals surface area contributed by atoms with Crippen molar-refractivity contribution in [2.24, 2.45) is 5.73 Å². The Hall–Kier alpha value is -4.03. The molecular formula is C32H44F2N4O6. The van der Waals surface area contributed by atoms with Gasteiger partial charge in [0.15, 0.2) is 0 Å². The minimum atomic E-state index is -3.07. The number of hydroxylamine groups is 1. The second-order valence-corrected chi connectivity index (χ2v) is 10.4. The topological polar surface area (TPSA) is 159 Å². The van der Waals surface area contributed by atoms with Crippen molar-refractivity contribution >= 4 is 30.9 Å². The van der Waals surface area contributed by atoms with E-state index in [4.69, 9.17) is 10.0 Å². The third-order valence-corrected chi connectivity index (χ3v) is 7.10. The van der Waals surface area contributed by atoms with Crippen LogP contribution < -0.4 is 16.5 Å². The Balaban J connectivity index is 0.00000149. The number of carbonyl (C=O) groups excluding carboxylic acids is 5. The van der Waals surface area contributed by atoms with Gasteiger partial charge < -0.3 is 20.6 Å². The second-order valence-electron chi connectivity index (χ2n) is 10.4. The molecule has 10 nitrogen and oxygen atoms in total. The molecule has 0 bridgehead atoms. The Kier molecular flexibility index (Phi) is 18.0. The van der Waals surface area contributed by atoms with Gasteiger partial charge in [0.05, 0.1) is 0 Å². The average Bonchev–Trinajstić information content (AvgIpc) is 2.98. The summed E-state index contributed by atoms with van der Waals surface area (Å²) in [5.74, 6) is -3.96. The van der Waals surface area contributed by atoms with Crippen LogP contribution in [0.4, 0.5) is 8.78 Å². The maximum Gasteiger partial charge on any atom is 0.277 e. The zero-order valence-electron chi connectivity index (χ0n) is 25.4. The van der Waals surface area contributed by atoms with Crippen molar-refractivity contribution < 1.29 is 38.0 Å². The summed E-state index contributed by atoms with van der Waals surface area (Å²) in [6, 6.07) is 10.8. The van der Waals surface area contributed by atoms with Gasteiger partial charge in [-0.3, -0.25) is 24.5 Å². The van der Waals surface area contributed by atoms with Gasteiger partial charge in [0.2, 0.25) is 24.6 Å². The standard InChI is InChI=1S/C30H36F2N2O4.CH5NO.CH3NO/c1-22-9-10-24(18-25(22)20-34(21-36)27-15-16-28(37)33-29(27)38)19-30(31,32)26-13-11-23(12-14-26)8-6-4-2-3-5-7-17-35;1-2-3;2-1-3/h9-14,17-18,21,27H,2-8,15-16,19-20H2,1H3,(H,33,37,38);2-3H,1H3;1H,(H2,2,3). The van der Waals surface area contributed by atoms with Crippen LogP contribution in [0.25, 0.3) is 0 Å².